The van der Waals surface area contributed by atoms with E-state index < -0.39 is 58.6 Å². The highest BCUT2D eigenvalue weighted by atomic mass is 32.2. The molecule has 3 aromatic rings. The Kier molecular flexibility index (Phi) is 14.2. The number of hydrogen-bond donors (Lipinski definition) is 3. The number of ketones is 2. The van der Waals surface area contributed by atoms with E-state index in [-0.39, 0.29) is 62.2 Å². The summed E-state index contributed by atoms with van der Waals surface area (Å²) in [7, 11) is 0. The van der Waals surface area contributed by atoms with E-state index in [1.165, 1.54) is 23.9 Å². The number of allylic oxidation sites excluding steroid dienone is 2. The van der Waals surface area contributed by atoms with Crippen LogP contribution in [-0.2, 0) is 30.5 Å². The van der Waals surface area contributed by atoms with Gasteiger partial charge in [-0.25, -0.2) is 13.2 Å². The van der Waals surface area contributed by atoms with Gasteiger partial charge in [-0.05, 0) is 47.4 Å². The molecule has 55 heavy (non-hydrogen) atoms. The van der Waals surface area contributed by atoms with Crippen LogP contribution in [0, 0.1) is 28.9 Å². The highest BCUT2D eigenvalue weighted by Gasteiger charge is 2.40. The van der Waals surface area contributed by atoms with Crippen LogP contribution >= 0.6 is 11.8 Å². The lowest BCUT2D eigenvalue weighted by molar-refractivity contribution is -0.134. The monoisotopic (exact) mass is 779 g/mol. The molecular formula is C41H48F3N5O5S. The molecule has 3 amide bonds. The molecule has 0 bridgehead atoms. The molecule has 2 heterocycles. The second kappa shape index (κ2) is 18.8. The zero-order valence-corrected chi connectivity index (χ0v) is 32.1. The standard InChI is InChI=1S/C41H48F3N5O5S/c1-41(2,3)40(34-17-27(30-18-29(42)9-10-32(30)43)23-48(34)22-26-7-5-4-6-8-26)49(24-28-20-45-21-33(28)44)39(54)25-55-16-13-37(52)46-14-15-47-38(53)19-31-35(50)11-12-36(31)51/h4-12,17-18,23,28,31,33,40,45H,13-16,19-22,24-25H2,1-3H3,(H,46,52)(H,47,53)/t28-,33-,40-/m0/s1. The van der Waals surface area contributed by atoms with Crippen LogP contribution in [0.1, 0.15) is 50.9 Å². The summed E-state index contributed by atoms with van der Waals surface area (Å²) in [6, 6.07) is 14.2. The Morgan fingerprint density at radius 3 is 2.31 bits per heavy atom. The fourth-order valence-corrected chi connectivity index (χ4v) is 7.81. The fraction of sp³-hybridized carbons (Fsp3) is 0.439. The van der Waals surface area contributed by atoms with Crippen LogP contribution in [0.2, 0.25) is 0 Å². The van der Waals surface area contributed by atoms with Crippen LogP contribution in [0.3, 0.4) is 0 Å². The van der Waals surface area contributed by atoms with Gasteiger partial charge in [0, 0.05) is 86.8 Å². The van der Waals surface area contributed by atoms with Gasteiger partial charge in [-0.2, -0.15) is 11.8 Å². The summed E-state index contributed by atoms with van der Waals surface area (Å²) in [5.74, 6) is -4.05. The topological polar surface area (TPSA) is 130 Å². The zero-order valence-electron chi connectivity index (χ0n) is 31.3. The minimum absolute atomic E-state index is 0.0191. The predicted octanol–water partition coefficient (Wildman–Crippen LogP) is 5.02. The predicted molar refractivity (Wildman–Crippen MR) is 206 cm³/mol. The normalized spacial score (nSPS) is 17.8. The number of carbonyl (C=O) groups is 5. The fourth-order valence-electron chi connectivity index (χ4n) is 6.99. The average Bonchev–Trinajstić information content (AvgIpc) is 3.83. The Hall–Kier alpha value is -4.69. The molecule has 0 spiro atoms. The first-order chi connectivity index (χ1) is 26.2. The highest BCUT2D eigenvalue weighted by Crippen LogP contribution is 2.42. The summed E-state index contributed by atoms with van der Waals surface area (Å²) in [4.78, 5) is 64.1. The van der Waals surface area contributed by atoms with E-state index >= 15 is 8.78 Å². The SMILES string of the molecule is CC(C)(C)[C@H](c1cc(-c2cc(F)ccc2F)cn1Cc1ccccc1)N(C[C@@H]1CNC[C@@H]1F)C(=O)CSCCC(=O)NCCNC(=O)CC1C(=O)C=CC1=O. The number of carbonyl (C=O) groups excluding carboxylic acids is 5. The van der Waals surface area contributed by atoms with Gasteiger partial charge < -0.3 is 25.4 Å². The summed E-state index contributed by atoms with van der Waals surface area (Å²) >= 11 is 1.28. The number of rotatable bonds is 17. The number of halogens is 3. The second-order valence-electron chi connectivity index (χ2n) is 15.0. The van der Waals surface area contributed by atoms with E-state index in [0.29, 0.717) is 30.1 Å². The van der Waals surface area contributed by atoms with Gasteiger partial charge in [0.1, 0.15) is 17.8 Å². The zero-order chi connectivity index (χ0) is 39.7. The van der Waals surface area contributed by atoms with Crippen LogP contribution in [-0.4, -0.2) is 89.2 Å². The first-order valence-corrected chi connectivity index (χ1v) is 19.6. The van der Waals surface area contributed by atoms with Gasteiger partial charge >= 0.3 is 0 Å². The van der Waals surface area contributed by atoms with E-state index in [4.69, 9.17) is 0 Å². The van der Waals surface area contributed by atoms with Gasteiger partial charge in [0.15, 0.2) is 11.6 Å². The van der Waals surface area contributed by atoms with Gasteiger partial charge in [-0.3, -0.25) is 24.0 Å². The number of benzene rings is 2. The number of hydrogen-bond acceptors (Lipinski definition) is 7. The van der Waals surface area contributed by atoms with Crippen molar-refractivity contribution in [3.05, 3.63) is 95.8 Å². The molecule has 294 valence electrons. The third-order valence-corrected chi connectivity index (χ3v) is 10.7. The molecule has 5 rings (SSSR count). The van der Waals surface area contributed by atoms with Gasteiger partial charge in [0.25, 0.3) is 0 Å². The maximum Gasteiger partial charge on any atom is 0.233 e. The van der Waals surface area contributed by atoms with Crippen molar-refractivity contribution in [2.75, 3.05) is 44.2 Å². The van der Waals surface area contributed by atoms with Crippen LogP contribution in [0.25, 0.3) is 11.1 Å². The average molecular weight is 780 g/mol. The minimum Gasteiger partial charge on any atom is -0.354 e. The molecule has 1 aromatic heterocycles. The Morgan fingerprint density at radius 2 is 1.65 bits per heavy atom. The maximum atomic E-state index is 15.2. The Labute approximate surface area is 323 Å². The van der Waals surface area contributed by atoms with Crippen molar-refractivity contribution in [2.45, 2.75) is 52.4 Å². The molecule has 2 aliphatic rings. The van der Waals surface area contributed by atoms with E-state index in [1.807, 2.05) is 55.7 Å². The quantitative estimate of drug-likeness (QED) is 0.130. The third-order valence-electron chi connectivity index (χ3n) is 9.74. The molecule has 0 saturated carbocycles. The number of amides is 3. The summed E-state index contributed by atoms with van der Waals surface area (Å²) in [5, 5.41) is 8.38. The maximum absolute atomic E-state index is 15.2. The number of alkyl halides is 1. The third kappa shape index (κ3) is 11.2. The first-order valence-electron chi connectivity index (χ1n) is 18.4. The van der Waals surface area contributed by atoms with Crippen molar-refractivity contribution in [2.24, 2.45) is 17.3 Å². The molecule has 0 radical (unpaired) electrons. The van der Waals surface area contributed by atoms with Gasteiger partial charge in [0.05, 0.1) is 17.7 Å². The van der Waals surface area contributed by atoms with E-state index in [0.717, 1.165) is 23.8 Å². The van der Waals surface area contributed by atoms with Crippen LogP contribution < -0.4 is 16.0 Å². The molecule has 3 atom stereocenters. The minimum atomic E-state index is -1.16. The van der Waals surface area contributed by atoms with Crippen molar-refractivity contribution in [3.63, 3.8) is 0 Å². The second-order valence-corrected chi connectivity index (χ2v) is 16.1. The Balaban J connectivity index is 1.28. The van der Waals surface area contributed by atoms with Crippen LogP contribution in [0.4, 0.5) is 13.2 Å². The molecule has 1 aliphatic heterocycles. The summed E-state index contributed by atoms with van der Waals surface area (Å²) < 4.78 is 46.6. The first kappa shape index (κ1) is 41.5. The van der Waals surface area contributed by atoms with Crippen LogP contribution in [0.15, 0.2) is 72.9 Å². The number of nitrogens with zero attached hydrogens (tertiary/aromatic N) is 2. The summed E-state index contributed by atoms with van der Waals surface area (Å²) in [6.07, 6.45) is 2.80. The Bertz CT molecular complexity index is 1880. The van der Waals surface area contributed by atoms with E-state index in [2.05, 4.69) is 16.0 Å². The van der Waals surface area contributed by atoms with Crippen molar-refractivity contribution < 1.29 is 37.1 Å². The highest BCUT2D eigenvalue weighted by molar-refractivity contribution is 7.99. The van der Waals surface area contributed by atoms with Gasteiger partial charge in [-0.1, -0.05) is 51.1 Å². The number of aromatic nitrogens is 1. The van der Waals surface area contributed by atoms with Crippen molar-refractivity contribution >= 4 is 41.0 Å². The van der Waals surface area contributed by atoms with Gasteiger partial charge in [-0.15, -0.1) is 0 Å². The molecule has 1 fully saturated rings. The molecule has 10 nitrogen and oxygen atoms in total. The smallest absolute Gasteiger partial charge is 0.233 e. The molecule has 1 saturated heterocycles. The molecule has 3 N–H and O–H groups in total. The lowest BCUT2D eigenvalue weighted by Gasteiger charge is -2.42. The molecule has 14 heteroatoms. The summed E-state index contributed by atoms with van der Waals surface area (Å²) in [6.45, 7) is 7.34. The largest absolute Gasteiger partial charge is 0.354 e. The van der Waals surface area contributed by atoms with E-state index in [9.17, 15) is 28.4 Å². The molecule has 2 aromatic carbocycles. The summed E-state index contributed by atoms with van der Waals surface area (Å²) in [5.41, 5.74) is 1.61. The van der Waals surface area contributed by atoms with E-state index in [1.54, 1.807) is 17.2 Å². The van der Waals surface area contributed by atoms with Crippen molar-refractivity contribution in [3.8, 4) is 11.1 Å². The molecule has 1 aliphatic carbocycles. The molecule has 0 unspecified atom stereocenters. The van der Waals surface area contributed by atoms with Crippen LogP contribution in [0.5, 0.6) is 0 Å². The van der Waals surface area contributed by atoms with Crippen molar-refractivity contribution in [1.29, 1.82) is 0 Å². The molecular weight excluding hydrogens is 732 g/mol. The Morgan fingerprint density at radius 1 is 0.964 bits per heavy atom. The lowest BCUT2D eigenvalue weighted by atomic mass is 9.82. The van der Waals surface area contributed by atoms with Crippen molar-refractivity contribution in [1.82, 2.24) is 25.4 Å². The number of thioether (sulfide) groups is 1. The lowest BCUT2D eigenvalue weighted by Crippen LogP contribution is -2.46. The number of nitrogens with one attached hydrogen (secondary N) is 3. The van der Waals surface area contributed by atoms with Gasteiger partial charge in [0.2, 0.25) is 17.7 Å².